The number of carbonyl (C=O) groups is 1. The van der Waals surface area contributed by atoms with E-state index in [9.17, 15) is 9.18 Å². The van der Waals surface area contributed by atoms with Crippen LogP contribution in [0.5, 0.6) is 0 Å². The fourth-order valence-electron chi connectivity index (χ4n) is 4.06. The van der Waals surface area contributed by atoms with Crippen LogP contribution in [0.15, 0.2) is 42.7 Å². The lowest BCUT2D eigenvalue weighted by atomic mass is 10.0. The third-order valence-corrected chi connectivity index (χ3v) is 5.57. The van der Waals surface area contributed by atoms with E-state index in [0.29, 0.717) is 31.9 Å². The van der Waals surface area contributed by atoms with E-state index in [0.717, 1.165) is 23.5 Å². The van der Waals surface area contributed by atoms with Crippen LogP contribution >= 0.6 is 0 Å². The summed E-state index contributed by atoms with van der Waals surface area (Å²) >= 11 is 0. The van der Waals surface area contributed by atoms with Crippen LogP contribution < -0.4 is 0 Å². The highest BCUT2D eigenvalue weighted by Crippen LogP contribution is 2.35. The molecule has 1 atom stereocenters. The van der Waals surface area contributed by atoms with Crippen LogP contribution in [0.1, 0.15) is 22.7 Å². The first-order valence-corrected chi connectivity index (χ1v) is 9.26. The summed E-state index contributed by atoms with van der Waals surface area (Å²) in [4.78, 5) is 19.0. The van der Waals surface area contributed by atoms with Crippen molar-refractivity contribution >= 4 is 5.91 Å². The predicted octanol–water partition coefficient (Wildman–Crippen LogP) is 2.24. The van der Waals surface area contributed by atoms with Crippen molar-refractivity contribution in [3.05, 3.63) is 60.1 Å². The number of amides is 1. The van der Waals surface area contributed by atoms with Gasteiger partial charge in [0.1, 0.15) is 29.5 Å². The number of rotatable bonds is 2. The van der Waals surface area contributed by atoms with Crippen LogP contribution in [0.25, 0.3) is 11.3 Å². The van der Waals surface area contributed by atoms with Crippen molar-refractivity contribution < 1.29 is 13.9 Å². The van der Waals surface area contributed by atoms with Crippen molar-refractivity contribution in [2.24, 2.45) is 7.05 Å². The molecule has 5 rings (SSSR count). The topological polar surface area (TPSA) is 65.2 Å². The SMILES string of the molecule is Cn1ccc(C(=O)N2CCC3(C2)Cn2c(-c4ccc(F)cc4)cnc2CO3)n1. The Morgan fingerprint density at radius 3 is 2.79 bits per heavy atom. The first-order valence-electron chi connectivity index (χ1n) is 9.26. The largest absolute Gasteiger partial charge is 0.363 e. The van der Waals surface area contributed by atoms with Crippen LogP contribution in [0, 0.1) is 5.82 Å². The molecule has 3 aromatic rings. The fourth-order valence-corrected chi connectivity index (χ4v) is 4.06. The van der Waals surface area contributed by atoms with Gasteiger partial charge in [-0.05, 0) is 42.3 Å². The Hall–Kier alpha value is -3.00. The molecule has 4 heterocycles. The Bertz CT molecular complexity index is 1040. The standard InChI is InChI=1S/C20H20FN5O2/c1-24-8-6-16(23-24)19(27)25-9-7-20(12-25)13-26-17(10-22-18(26)11-28-20)14-2-4-15(21)5-3-14/h2-6,8,10H,7,9,11-13H2,1H3. The van der Waals surface area contributed by atoms with Gasteiger partial charge < -0.3 is 14.2 Å². The molecule has 28 heavy (non-hydrogen) atoms. The van der Waals surface area contributed by atoms with Gasteiger partial charge in [0.05, 0.1) is 25.0 Å². The van der Waals surface area contributed by atoms with E-state index in [1.807, 2.05) is 4.90 Å². The second-order valence-electron chi connectivity index (χ2n) is 7.48. The predicted molar refractivity (Wildman–Crippen MR) is 98.9 cm³/mol. The smallest absolute Gasteiger partial charge is 0.274 e. The first-order chi connectivity index (χ1) is 13.5. The van der Waals surface area contributed by atoms with Gasteiger partial charge in [0, 0.05) is 19.8 Å². The minimum atomic E-state index is -0.438. The molecule has 2 aromatic heterocycles. The Morgan fingerprint density at radius 1 is 1.21 bits per heavy atom. The number of nitrogens with zero attached hydrogens (tertiary/aromatic N) is 5. The lowest BCUT2D eigenvalue weighted by molar-refractivity contribution is -0.0804. The maximum absolute atomic E-state index is 13.3. The molecule has 2 aliphatic heterocycles. The van der Waals surface area contributed by atoms with Gasteiger partial charge in [-0.1, -0.05) is 0 Å². The van der Waals surface area contributed by atoms with Crippen molar-refractivity contribution in [3.63, 3.8) is 0 Å². The summed E-state index contributed by atoms with van der Waals surface area (Å²) in [5.74, 6) is 0.511. The first kappa shape index (κ1) is 17.1. The summed E-state index contributed by atoms with van der Waals surface area (Å²) in [7, 11) is 1.80. The minimum absolute atomic E-state index is 0.0729. The number of hydrogen-bond acceptors (Lipinski definition) is 4. The zero-order valence-electron chi connectivity index (χ0n) is 15.5. The van der Waals surface area contributed by atoms with E-state index in [1.54, 1.807) is 42.3 Å². The molecule has 0 saturated carbocycles. The van der Waals surface area contributed by atoms with Crippen LogP contribution in [0.3, 0.4) is 0 Å². The molecule has 1 fully saturated rings. The van der Waals surface area contributed by atoms with Gasteiger partial charge in [-0.25, -0.2) is 9.37 Å². The summed E-state index contributed by atoms with van der Waals surface area (Å²) in [6, 6.07) is 8.15. The molecule has 1 aromatic carbocycles. The highest BCUT2D eigenvalue weighted by molar-refractivity contribution is 5.92. The van der Waals surface area contributed by atoms with Gasteiger partial charge in [0.15, 0.2) is 0 Å². The molecule has 0 N–H and O–H groups in total. The van der Waals surface area contributed by atoms with Gasteiger partial charge >= 0.3 is 0 Å². The van der Waals surface area contributed by atoms with Gasteiger partial charge in [-0.15, -0.1) is 0 Å². The molecule has 1 amide bonds. The average molecular weight is 381 g/mol. The van der Waals surface area contributed by atoms with Gasteiger partial charge in [0.25, 0.3) is 5.91 Å². The number of ether oxygens (including phenoxy) is 1. The molecule has 1 unspecified atom stereocenters. The summed E-state index contributed by atoms with van der Waals surface area (Å²) in [6.45, 7) is 2.15. The van der Waals surface area contributed by atoms with E-state index in [1.165, 1.54) is 12.1 Å². The number of benzene rings is 1. The number of likely N-dealkylation sites (tertiary alicyclic amines) is 1. The van der Waals surface area contributed by atoms with Crippen molar-refractivity contribution in [1.29, 1.82) is 0 Å². The summed E-state index contributed by atoms with van der Waals surface area (Å²) in [5, 5.41) is 4.22. The second kappa shape index (κ2) is 6.27. The second-order valence-corrected chi connectivity index (χ2v) is 7.48. The molecule has 1 spiro atoms. The van der Waals surface area contributed by atoms with Crippen LogP contribution in [0.2, 0.25) is 0 Å². The molecular formula is C20H20FN5O2. The number of imidazole rings is 1. The summed E-state index contributed by atoms with van der Waals surface area (Å²) < 4.78 is 23.2. The number of aryl methyl sites for hydroxylation is 1. The molecule has 1 saturated heterocycles. The Balaban J connectivity index is 1.39. The van der Waals surface area contributed by atoms with Gasteiger partial charge in [0.2, 0.25) is 0 Å². The van der Waals surface area contributed by atoms with E-state index in [-0.39, 0.29) is 11.7 Å². The quantitative estimate of drug-likeness (QED) is 0.683. The van der Waals surface area contributed by atoms with Crippen LogP contribution in [0.4, 0.5) is 4.39 Å². The molecule has 8 heteroatoms. The lowest BCUT2D eigenvalue weighted by Gasteiger charge is -2.35. The van der Waals surface area contributed by atoms with Crippen molar-refractivity contribution in [2.45, 2.75) is 25.2 Å². The van der Waals surface area contributed by atoms with E-state index >= 15 is 0 Å². The van der Waals surface area contributed by atoms with E-state index in [2.05, 4.69) is 14.6 Å². The number of fused-ring (bicyclic) bond motifs is 1. The monoisotopic (exact) mass is 381 g/mol. The number of halogens is 1. The zero-order valence-corrected chi connectivity index (χ0v) is 15.5. The van der Waals surface area contributed by atoms with Crippen LogP contribution in [-0.4, -0.2) is 48.8 Å². The molecule has 2 aliphatic rings. The molecule has 0 bridgehead atoms. The van der Waals surface area contributed by atoms with Gasteiger partial charge in [-0.2, -0.15) is 5.10 Å². The Labute approximate surface area is 161 Å². The zero-order chi connectivity index (χ0) is 19.3. The Kier molecular flexibility index (Phi) is 3.83. The number of hydrogen-bond donors (Lipinski definition) is 0. The molecule has 7 nitrogen and oxygen atoms in total. The van der Waals surface area contributed by atoms with Gasteiger partial charge in [-0.3, -0.25) is 9.48 Å². The highest BCUT2D eigenvalue weighted by Gasteiger charge is 2.45. The van der Waals surface area contributed by atoms with Crippen LogP contribution in [-0.2, 0) is 24.9 Å². The van der Waals surface area contributed by atoms with E-state index in [4.69, 9.17) is 4.74 Å². The third kappa shape index (κ3) is 2.80. The molecular weight excluding hydrogens is 361 g/mol. The average Bonchev–Trinajstić information content (AvgIpc) is 3.41. The van der Waals surface area contributed by atoms with Crippen molar-refractivity contribution in [1.82, 2.24) is 24.2 Å². The summed E-state index contributed by atoms with van der Waals surface area (Å²) in [6.07, 6.45) is 4.33. The normalized spacial score (nSPS) is 21.3. The minimum Gasteiger partial charge on any atom is -0.363 e. The summed E-state index contributed by atoms with van der Waals surface area (Å²) in [5.41, 5.74) is 1.86. The van der Waals surface area contributed by atoms with E-state index < -0.39 is 5.60 Å². The fraction of sp³-hybridized carbons (Fsp3) is 0.350. The lowest BCUT2D eigenvalue weighted by Crippen LogP contribution is -2.45. The maximum atomic E-state index is 13.3. The Morgan fingerprint density at radius 2 is 2.04 bits per heavy atom. The van der Waals surface area contributed by atoms with Crippen molar-refractivity contribution in [3.8, 4) is 11.3 Å². The highest BCUT2D eigenvalue weighted by atomic mass is 19.1. The van der Waals surface area contributed by atoms with Crippen molar-refractivity contribution in [2.75, 3.05) is 13.1 Å². The number of carbonyl (C=O) groups excluding carboxylic acids is 1. The molecule has 0 aliphatic carbocycles. The molecule has 144 valence electrons. The molecule has 0 radical (unpaired) electrons. The maximum Gasteiger partial charge on any atom is 0.274 e. The third-order valence-electron chi connectivity index (χ3n) is 5.57. The number of aromatic nitrogens is 4.